The third-order valence-corrected chi connectivity index (χ3v) is 3.31. The number of aromatic nitrogens is 2. The lowest BCUT2D eigenvalue weighted by molar-refractivity contribution is -0.143. The molecule has 17 heavy (non-hydrogen) atoms. The van der Waals surface area contributed by atoms with Gasteiger partial charge in [-0.05, 0) is 6.42 Å². The molecule has 0 radical (unpaired) electrons. The Morgan fingerprint density at radius 1 is 1.59 bits per heavy atom. The van der Waals surface area contributed by atoms with E-state index in [4.69, 9.17) is 5.11 Å². The van der Waals surface area contributed by atoms with Crippen LogP contribution < -0.4 is 0 Å². The van der Waals surface area contributed by atoms with Crippen LogP contribution in [0, 0.1) is 0 Å². The van der Waals surface area contributed by atoms with Crippen LogP contribution in [0.5, 0.6) is 0 Å². The zero-order chi connectivity index (χ0) is 12.4. The van der Waals surface area contributed by atoms with Gasteiger partial charge in [-0.15, -0.1) is 0 Å². The zero-order valence-electron chi connectivity index (χ0n) is 9.73. The van der Waals surface area contributed by atoms with E-state index in [1.807, 2.05) is 16.4 Å². The number of imidazole rings is 1. The summed E-state index contributed by atoms with van der Waals surface area (Å²) < 4.78 is 1.83. The molecule has 1 fully saturated rings. The minimum atomic E-state index is -0.828. The molecule has 1 saturated heterocycles. The van der Waals surface area contributed by atoms with E-state index in [0.717, 1.165) is 0 Å². The molecule has 0 aliphatic carbocycles. The Balaban J connectivity index is 2.09. The van der Waals surface area contributed by atoms with E-state index in [2.05, 4.69) is 4.98 Å². The minimum Gasteiger partial charge on any atom is -0.480 e. The highest BCUT2D eigenvalue weighted by Crippen LogP contribution is 2.24. The number of aliphatic carboxylic acids is 1. The standard InChI is InChI=1S/C11H17N3O3/c1-2-8(11(16)17)14-5-9(10(15)6-14)13-4-3-12-7-13/h3-4,7-10,15H,2,5-6H2,1H3,(H,16,17). The van der Waals surface area contributed by atoms with E-state index < -0.39 is 18.1 Å². The monoisotopic (exact) mass is 239 g/mol. The summed E-state index contributed by atoms with van der Waals surface area (Å²) in [6, 6.07) is -0.621. The lowest BCUT2D eigenvalue weighted by atomic mass is 10.2. The number of carbonyl (C=O) groups is 1. The molecule has 2 heterocycles. The number of β-amino-alcohol motifs (C(OH)–C–C–N with tert-alkyl or cyclic N) is 1. The van der Waals surface area contributed by atoms with Crippen LogP contribution in [0.25, 0.3) is 0 Å². The maximum Gasteiger partial charge on any atom is 0.320 e. The predicted molar refractivity (Wildman–Crippen MR) is 60.6 cm³/mol. The first-order valence-electron chi connectivity index (χ1n) is 5.75. The normalized spacial score (nSPS) is 27.2. The number of rotatable bonds is 4. The summed E-state index contributed by atoms with van der Waals surface area (Å²) in [5.74, 6) is -0.828. The number of carboxylic acid groups (broad SMARTS) is 1. The summed E-state index contributed by atoms with van der Waals surface area (Å²) >= 11 is 0. The van der Waals surface area contributed by atoms with Crippen molar-refractivity contribution in [3.8, 4) is 0 Å². The van der Waals surface area contributed by atoms with Gasteiger partial charge in [-0.25, -0.2) is 4.98 Å². The molecule has 0 bridgehead atoms. The molecule has 0 saturated carbocycles. The largest absolute Gasteiger partial charge is 0.480 e. The van der Waals surface area contributed by atoms with E-state index in [0.29, 0.717) is 19.5 Å². The highest BCUT2D eigenvalue weighted by molar-refractivity contribution is 5.73. The van der Waals surface area contributed by atoms with Gasteiger partial charge in [-0.1, -0.05) is 6.92 Å². The fraction of sp³-hybridized carbons (Fsp3) is 0.636. The van der Waals surface area contributed by atoms with Gasteiger partial charge in [0.1, 0.15) is 6.04 Å². The van der Waals surface area contributed by atoms with E-state index in [9.17, 15) is 9.90 Å². The van der Waals surface area contributed by atoms with Gasteiger partial charge in [0.2, 0.25) is 0 Å². The number of aliphatic hydroxyl groups excluding tert-OH is 1. The van der Waals surface area contributed by atoms with Crippen LogP contribution in [0.1, 0.15) is 19.4 Å². The third-order valence-electron chi connectivity index (χ3n) is 3.31. The third kappa shape index (κ3) is 2.32. The van der Waals surface area contributed by atoms with Crippen LogP contribution in [0.4, 0.5) is 0 Å². The molecule has 3 unspecified atom stereocenters. The molecule has 1 aromatic heterocycles. The van der Waals surface area contributed by atoms with Crippen LogP contribution in [0.15, 0.2) is 18.7 Å². The first kappa shape index (κ1) is 12.1. The Hall–Kier alpha value is -1.40. The average molecular weight is 239 g/mol. The summed E-state index contributed by atoms with van der Waals surface area (Å²) in [6.45, 7) is 2.78. The van der Waals surface area contributed by atoms with Gasteiger partial charge in [0, 0.05) is 25.5 Å². The molecular formula is C11H17N3O3. The van der Waals surface area contributed by atoms with Crippen LogP contribution in [-0.2, 0) is 4.79 Å². The molecule has 1 aliphatic heterocycles. The van der Waals surface area contributed by atoms with E-state index in [-0.39, 0.29) is 6.04 Å². The second kappa shape index (κ2) is 4.85. The number of likely N-dealkylation sites (tertiary alicyclic amines) is 1. The Labute approximate surface area is 99.5 Å². The van der Waals surface area contributed by atoms with Crippen molar-refractivity contribution in [3.63, 3.8) is 0 Å². The molecule has 1 aliphatic rings. The molecule has 0 spiro atoms. The quantitative estimate of drug-likeness (QED) is 0.771. The predicted octanol–water partition coefficient (Wildman–Crippen LogP) is -0.0361. The summed E-state index contributed by atoms with van der Waals surface area (Å²) in [6.07, 6.45) is 5.10. The first-order valence-corrected chi connectivity index (χ1v) is 5.75. The van der Waals surface area contributed by atoms with E-state index in [1.54, 1.807) is 18.7 Å². The summed E-state index contributed by atoms with van der Waals surface area (Å²) in [4.78, 5) is 16.8. The van der Waals surface area contributed by atoms with Crippen molar-refractivity contribution < 1.29 is 15.0 Å². The van der Waals surface area contributed by atoms with Gasteiger partial charge in [-0.2, -0.15) is 0 Å². The van der Waals surface area contributed by atoms with Gasteiger partial charge >= 0.3 is 5.97 Å². The molecule has 94 valence electrons. The summed E-state index contributed by atoms with van der Waals surface area (Å²) in [5, 5.41) is 19.1. The topological polar surface area (TPSA) is 78.6 Å². The molecule has 0 amide bonds. The maximum atomic E-state index is 11.1. The maximum absolute atomic E-state index is 11.1. The van der Waals surface area contributed by atoms with E-state index in [1.165, 1.54) is 0 Å². The second-order valence-corrected chi connectivity index (χ2v) is 4.36. The lowest BCUT2D eigenvalue weighted by Crippen LogP contribution is -2.39. The molecule has 1 aromatic rings. The Morgan fingerprint density at radius 2 is 2.35 bits per heavy atom. The van der Waals surface area contributed by atoms with Gasteiger partial charge in [-0.3, -0.25) is 9.69 Å². The fourth-order valence-electron chi connectivity index (χ4n) is 2.40. The van der Waals surface area contributed by atoms with Crippen molar-refractivity contribution in [1.29, 1.82) is 0 Å². The number of hydrogen-bond donors (Lipinski definition) is 2. The Morgan fingerprint density at radius 3 is 2.88 bits per heavy atom. The van der Waals surface area contributed by atoms with Crippen molar-refractivity contribution in [2.24, 2.45) is 0 Å². The van der Waals surface area contributed by atoms with Crippen molar-refractivity contribution in [2.45, 2.75) is 31.5 Å². The van der Waals surface area contributed by atoms with Gasteiger partial charge < -0.3 is 14.8 Å². The van der Waals surface area contributed by atoms with Gasteiger partial charge in [0.15, 0.2) is 0 Å². The summed E-state index contributed by atoms with van der Waals surface area (Å²) in [7, 11) is 0. The molecule has 6 nitrogen and oxygen atoms in total. The van der Waals surface area contributed by atoms with Crippen LogP contribution in [-0.4, -0.2) is 55.9 Å². The molecule has 2 N–H and O–H groups in total. The van der Waals surface area contributed by atoms with Gasteiger partial charge in [0.05, 0.1) is 18.5 Å². The average Bonchev–Trinajstić information content (AvgIpc) is 2.87. The molecule has 3 atom stereocenters. The Bertz CT molecular complexity index is 379. The minimum absolute atomic E-state index is 0.106. The van der Waals surface area contributed by atoms with Crippen molar-refractivity contribution in [1.82, 2.24) is 14.5 Å². The molecular weight excluding hydrogens is 222 g/mol. The number of carboxylic acids is 1. The fourth-order valence-corrected chi connectivity index (χ4v) is 2.40. The molecule has 0 aromatic carbocycles. The lowest BCUT2D eigenvalue weighted by Gasteiger charge is -2.22. The van der Waals surface area contributed by atoms with Crippen LogP contribution in [0.2, 0.25) is 0 Å². The molecule has 2 rings (SSSR count). The summed E-state index contributed by atoms with van der Waals surface area (Å²) in [5.41, 5.74) is 0. The molecule has 6 heteroatoms. The number of nitrogens with zero attached hydrogens (tertiary/aromatic N) is 3. The number of hydrogen-bond acceptors (Lipinski definition) is 4. The smallest absolute Gasteiger partial charge is 0.320 e. The van der Waals surface area contributed by atoms with Crippen LogP contribution >= 0.6 is 0 Å². The van der Waals surface area contributed by atoms with E-state index >= 15 is 0 Å². The van der Waals surface area contributed by atoms with Gasteiger partial charge in [0.25, 0.3) is 0 Å². The highest BCUT2D eigenvalue weighted by Gasteiger charge is 2.37. The number of aliphatic hydroxyl groups is 1. The van der Waals surface area contributed by atoms with Crippen molar-refractivity contribution in [2.75, 3.05) is 13.1 Å². The SMILES string of the molecule is CCC(C(=O)O)N1CC(O)C(n2ccnc2)C1. The van der Waals surface area contributed by atoms with Crippen molar-refractivity contribution in [3.05, 3.63) is 18.7 Å². The van der Waals surface area contributed by atoms with Crippen LogP contribution in [0.3, 0.4) is 0 Å². The zero-order valence-corrected chi connectivity index (χ0v) is 9.73. The van der Waals surface area contributed by atoms with Crippen molar-refractivity contribution >= 4 is 5.97 Å². The second-order valence-electron chi connectivity index (χ2n) is 4.36. The Kier molecular flexibility index (Phi) is 3.44. The first-order chi connectivity index (χ1) is 8.13. The highest BCUT2D eigenvalue weighted by atomic mass is 16.4.